The molecule has 2 aromatic rings. The van der Waals surface area contributed by atoms with Crippen LogP contribution >= 0.6 is 0 Å². The summed E-state index contributed by atoms with van der Waals surface area (Å²) in [6.45, 7) is 6.97. The van der Waals surface area contributed by atoms with Crippen LogP contribution in [0.1, 0.15) is 22.3 Å². The van der Waals surface area contributed by atoms with Crippen LogP contribution in [0.15, 0.2) is 24.5 Å². The van der Waals surface area contributed by atoms with E-state index in [1.54, 1.807) is 10.9 Å². The van der Waals surface area contributed by atoms with Crippen LogP contribution in [-0.2, 0) is 13.7 Å². The molecule has 17 heavy (non-hydrogen) atoms. The summed E-state index contributed by atoms with van der Waals surface area (Å²) in [4.78, 5) is 0. The Morgan fingerprint density at radius 2 is 1.82 bits per heavy atom. The van der Waals surface area contributed by atoms with E-state index in [9.17, 15) is 0 Å². The lowest BCUT2D eigenvalue weighted by atomic mass is 10.0. The Morgan fingerprint density at radius 1 is 1.18 bits per heavy atom. The van der Waals surface area contributed by atoms with Crippen LogP contribution in [0.4, 0.5) is 0 Å². The minimum absolute atomic E-state index is 0.601. The summed E-state index contributed by atoms with van der Waals surface area (Å²) in [5.41, 5.74) is 5.13. The summed E-state index contributed by atoms with van der Waals surface area (Å²) in [5.74, 6) is 0.812. The first-order valence-corrected chi connectivity index (χ1v) is 5.74. The third kappa shape index (κ3) is 2.67. The summed E-state index contributed by atoms with van der Waals surface area (Å²) >= 11 is 0. The van der Waals surface area contributed by atoms with Gasteiger partial charge in [0.15, 0.2) is 5.75 Å². The van der Waals surface area contributed by atoms with Gasteiger partial charge in [-0.05, 0) is 37.5 Å². The first-order valence-electron chi connectivity index (χ1n) is 5.74. The van der Waals surface area contributed by atoms with Gasteiger partial charge in [0, 0.05) is 7.05 Å². The lowest BCUT2D eigenvalue weighted by Gasteiger charge is -2.11. The lowest BCUT2D eigenvalue weighted by molar-refractivity contribution is 0.304. The standard InChI is InChI=1S/C14H18N2O/c1-10-5-11(2)14(12(3)6-10)9-17-13-7-15-16(4)8-13/h5-8H,9H2,1-4H3. The molecule has 0 aliphatic heterocycles. The van der Waals surface area contributed by atoms with Crippen molar-refractivity contribution >= 4 is 0 Å². The van der Waals surface area contributed by atoms with Gasteiger partial charge in [-0.3, -0.25) is 4.68 Å². The summed E-state index contributed by atoms with van der Waals surface area (Å²) in [6.07, 6.45) is 3.61. The molecule has 0 atom stereocenters. The van der Waals surface area contributed by atoms with Gasteiger partial charge in [0.25, 0.3) is 0 Å². The number of hydrogen-bond acceptors (Lipinski definition) is 2. The van der Waals surface area contributed by atoms with Crippen molar-refractivity contribution in [2.45, 2.75) is 27.4 Å². The van der Waals surface area contributed by atoms with E-state index in [1.807, 2.05) is 13.2 Å². The summed E-state index contributed by atoms with van der Waals surface area (Å²) in [7, 11) is 1.88. The number of aryl methyl sites for hydroxylation is 4. The average Bonchev–Trinajstić information content (AvgIpc) is 2.62. The van der Waals surface area contributed by atoms with E-state index in [0.717, 1.165) is 5.75 Å². The second-order valence-corrected chi connectivity index (χ2v) is 4.52. The average molecular weight is 230 g/mol. The largest absolute Gasteiger partial charge is 0.486 e. The second kappa shape index (κ2) is 4.62. The molecule has 90 valence electrons. The maximum absolute atomic E-state index is 5.73. The molecule has 3 nitrogen and oxygen atoms in total. The molecular weight excluding hydrogens is 212 g/mol. The first kappa shape index (κ1) is 11.7. The molecule has 1 aromatic carbocycles. The number of ether oxygens (including phenoxy) is 1. The molecule has 0 radical (unpaired) electrons. The Kier molecular flexibility index (Phi) is 3.18. The van der Waals surface area contributed by atoms with Gasteiger partial charge in [0.05, 0.1) is 12.4 Å². The Morgan fingerprint density at radius 3 is 2.35 bits per heavy atom. The highest BCUT2D eigenvalue weighted by atomic mass is 16.5. The van der Waals surface area contributed by atoms with Gasteiger partial charge < -0.3 is 4.74 Å². The predicted molar refractivity (Wildman–Crippen MR) is 68.2 cm³/mol. The van der Waals surface area contributed by atoms with Crippen LogP contribution in [0.5, 0.6) is 5.75 Å². The van der Waals surface area contributed by atoms with Crippen molar-refractivity contribution < 1.29 is 4.74 Å². The number of nitrogens with zero attached hydrogens (tertiary/aromatic N) is 2. The molecule has 0 bridgehead atoms. The molecule has 1 heterocycles. The fourth-order valence-electron chi connectivity index (χ4n) is 2.07. The number of benzene rings is 1. The molecular formula is C14H18N2O. The summed E-state index contributed by atoms with van der Waals surface area (Å²) < 4.78 is 7.47. The Labute approximate surface area is 102 Å². The first-order chi connectivity index (χ1) is 8.06. The minimum atomic E-state index is 0.601. The minimum Gasteiger partial charge on any atom is -0.486 e. The predicted octanol–water partition coefficient (Wildman–Crippen LogP) is 2.92. The Bertz CT molecular complexity index is 506. The van der Waals surface area contributed by atoms with Gasteiger partial charge in [-0.2, -0.15) is 5.10 Å². The van der Waals surface area contributed by atoms with Crippen LogP contribution in [0.3, 0.4) is 0 Å². The molecule has 0 N–H and O–H groups in total. The van der Waals surface area contributed by atoms with E-state index < -0.39 is 0 Å². The monoisotopic (exact) mass is 230 g/mol. The van der Waals surface area contributed by atoms with Crippen LogP contribution in [0.2, 0.25) is 0 Å². The lowest BCUT2D eigenvalue weighted by Crippen LogP contribution is -2.01. The van der Waals surface area contributed by atoms with Crippen molar-refractivity contribution in [3.8, 4) is 5.75 Å². The van der Waals surface area contributed by atoms with Crippen molar-refractivity contribution in [1.29, 1.82) is 0 Å². The number of hydrogen-bond donors (Lipinski definition) is 0. The van der Waals surface area contributed by atoms with Crippen LogP contribution in [0.25, 0.3) is 0 Å². The van der Waals surface area contributed by atoms with Crippen molar-refractivity contribution in [2.24, 2.45) is 7.05 Å². The van der Waals surface area contributed by atoms with E-state index in [2.05, 4.69) is 38.0 Å². The highest BCUT2D eigenvalue weighted by Gasteiger charge is 2.05. The van der Waals surface area contributed by atoms with E-state index in [-0.39, 0.29) is 0 Å². The molecule has 0 fully saturated rings. The second-order valence-electron chi connectivity index (χ2n) is 4.52. The molecule has 0 aliphatic carbocycles. The SMILES string of the molecule is Cc1cc(C)c(COc2cnn(C)c2)c(C)c1. The van der Waals surface area contributed by atoms with Crippen molar-refractivity contribution in [2.75, 3.05) is 0 Å². The molecule has 0 unspecified atom stereocenters. The van der Waals surface area contributed by atoms with Gasteiger partial charge in [-0.15, -0.1) is 0 Å². The quantitative estimate of drug-likeness (QED) is 0.810. The molecule has 1 aromatic heterocycles. The van der Waals surface area contributed by atoms with Gasteiger partial charge in [0.1, 0.15) is 6.61 Å². The smallest absolute Gasteiger partial charge is 0.157 e. The number of aromatic nitrogens is 2. The van der Waals surface area contributed by atoms with E-state index in [1.165, 1.54) is 22.3 Å². The Balaban J connectivity index is 2.14. The van der Waals surface area contributed by atoms with E-state index in [4.69, 9.17) is 4.74 Å². The maximum Gasteiger partial charge on any atom is 0.157 e. The molecule has 0 amide bonds. The van der Waals surface area contributed by atoms with Crippen LogP contribution in [0, 0.1) is 20.8 Å². The number of rotatable bonds is 3. The van der Waals surface area contributed by atoms with Gasteiger partial charge in [0.2, 0.25) is 0 Å². The summed E-state index contributed by atoms with van der Waals surface area (Å²) in [5, 5.41) is 4.08. The van der Waals surface area contributed by atoms with Crippen molar-refractivity contribution in [3.05, 3.63) is 46.8 Å². The molecule has 0 spiro atoms. The van der Waals surface area contributed by atoms with E-state index >= 15 is 0 Å². The highest BCUT2D eigenvalue weighted by Crippen LogP contribution is 2.18. The third-order valence-corrected chi connectivity index (χ3v) is 2.90. The fraction of sp³-hybridized carbons (Fsp3) is 0.357. The maximum atomic E-state index is 5.73. The third-order valence-electron chi connectivity index (χ3n) is 2.90. The van der Waals surface area contributed by atoms with E-state index in [0.29, 0.717) is 6.61 Å². The van der Waals surface area contributed by atoms with Crippen molar-refractivity contribution in [3.63, 3.8) is 0 Å². The highest BCUT2D eigenvalue weighted by molar-refractivity contribution is 5.37. The van der Waals surface area contributed by atoms with Crippen LogP contribution in [-0.4, -0.2) is 9.78 Å². The zero-order valence-electron chi connectivity index (χ0n) is 10.8. The molecule has 3 heteroatoms. The molecule has 0 saturated heterocycles. The van der Waals surface area contributed by atoms with Gasteiger partial charge in [-0.25, -0.2) is 0 Å². The van der Waals surface area contributed by atoms with Crippen LogP contribution < -0.4 is 4.74 Å². The normalized spacial score (nSPS) is 10.6. The topological polar surface area (TPSA) is 27.1 Å². The molecule has 0 aliphatic rings. The summed E-state index contributed by atoms with van der Waals surface area (Å²) in [6, 6.07) is 4.38. The molecule has 2 rings (SSSR count). The Hall–Kier alpha value is -1.77. The zero-order chi connectivity index (χ0) is 12.4. The molecule has 0 saturated carbocycles. The van der Waals surface area contributed by atoms with Crippen molar-refractivity contribution in [1.82, 2.24) is 9.78 Å². The van der Waals surface area contributed by atoms with Gasteiger partial charge in [-0.1, -0.05) is 17.7 Å². The zero-order valence-corrected chi connectivity index (χ0v) is 10.8. The van der Waals surface area contributed by atoms with Gasteiger partial charge >= 0.3 is 0 Å². The fourth-order valence-corrected chi connectivity index (χ4v) is 2.07.